The van der Waals surface area contributed by atoms with E-state index in [-0.39, 0.29) is 12.1 Å². The van der Waals surface area contributed by atoms with E-state index >= 15 is 0 Å². The molecule has 1 atom stereocenters. The van der Waals surface area contributed by atoms with Gasteiger partial charge in [-0.2, -0.15) is 0 Å². The highest BCUT2D eigenvalue weighted by Gasteiger charge is 2.27. The molecule has 0 radical (unpaired) electrons. The Balaban J connectivity index is 1.78. The van der Waals surface area contributed by atoms with E-state index in [1.807, 2.05) is 27.7 Å². The maximum absolute atomic E-state index is 11.9. The minimum atomic E-state index is -0.479. The van der Waals surface area contributed by atoms with Crippen molar-refractivity contribution in [2.24, 2.45) is 4.99 Å². The summed E-state index contributed by atoms with van der Waals surface area (Å²) in [7, 11) is 1.79. The van der Waals surface area contributed by atoms with E-state index in [9.17, 15) is 4.79 Å². The lowest BCUT2D eigenvalue weighted by atomic mass is 10.2. The summed E-state index contributed by atoms with van der Waals surface area (Å²) in [6.45, 7) is 12.1. The SMILES string of the molecule is CN=C(NCCc1sc(C)nc1C)N1CCC(NC(=O)OC(C)(C)C)C1. The summed E-state index contributed by atoms with van der Waals surface area (Å²) in [4.78, 5) is 24.3. The fourth-order valence-electron chi connectivity index (χ4n) is 2.97. The second-order valence-corrected chi connectivity index (χ2v) is 8.83. The van der Waals surface area contributed by atoms with Gasteiger partial charge in [0.2, 0.25) is 0 Å². The van der Waals surface area contributed by atoms with Crippen molar-refractivity contribution in [2.45, 2.75) is 59.1 Å². The van der Waals surface area contributed by atoms with Gasteiger partial charge in [0.1, 0.15) is 5.60 Å². The lowest BCUT2D eigenvalue weighted by Crippen LogP contribution is -2.44. The second-order valence-electron chi connectivity index (χ2n) is 7.54. The van der Waals surface area contributed by atoms with Gasteiger partial charge in [-0.05, 0) is 41.0 Å². The van der Waals surface area contributed by atoms with Crippen molar-refractivity contribution in [2.75, 3.05) is 26.7 Å². The first-order valence-electron chi connectivity index (χ1n) is 9.06. The molecule has 2 rings (SSSR count). The number of aryl methyl sites for hydroxylation is 2. The largest absolute Gasteiger partial charge is 0.444 e. The Hall–Kier alpha value is -1.83. The van der Waals surface area contributed by atoms with Gasteiger partial charge in [0.05, 0.1) is 16.7 Å². The first kappa shape index (κ1) is 20.5. The first-order chi connectivity index (χ1) is 12.2. The van der Waals surface area contributed by atoms with Crippen LogP contribution in [-0.4, -0.2) is 60.3 Å². The van der Waals surface area contributed by atoms with Crippen LogP contribution in [0.25, 0.3) is 0 Å². The molecular formula is C18H31N5O2S. The number of hydrogen-bond donors (Lipinski definition) is 2. The predicted molar refractivity (Wildman–Crippen MR) is 106 cm³/mol. The van der Waals surface area contributed by atoms with Crippen LogP contribution in [0.2, 0.25) is 0 Å². The number of hydrogen-bond acceptors (Lipinski definition) is 5. The Labute approximate surface area is 160 Å². The van der Waals surface area contributed by atoms with Gasteiger partial charge in [-0.1, -0.05) is 0 Å². The third-order valence-corrected chi connectivity index (χ3v) is 5.19. The Kier molecular flexibility index (Phi) is 6.86. The summed E-state index contributed by atoms with van der Waals surface area (Å²) in [6.07, 6.45) is 1.46. The fraction of sp³-hybridized carbons (Fsp3) is 0.722. The number of likely N-dealkylation sites (tertiary alicyclic amines) is 1. The molecule has 0 bridgehead atoms. The molecule has 1 fully saturated rings. The van der Waals surface area contributed by atoms with Crippen molar-refractivity contribution in [3.63, 3.8) is 0 Å². The van der Waals surface area contributed by atoms with Gasteiger partial charge in [0, 0.05) is 38.0 Å². The lowest BCUT2D eigenvalue weighted by molar-refractivity contribution is 0.0507. The van der Waals surface area contributed by atoms with E-state index in [1.165, 1.54) is 4.88 Å². The average molecular weight is 382 g/mol. The van der Waals surface area contributed by atoms with E-state index in [1.54, 1.807) is 18.4 Å². The number of guanidine groups is 1. The fourth-order valence-corrected chi connectivity index (χ4v) is 3.91. The van der Waals surface area contributed by atoms with Crippen LogP contribution in [0.15, 0.2) is 4.99 Å². The predicted octanol–water partition coefficient (Wildman–Crippen LogP) is 2.48. The molecule has 26 heavy (non-hydrogen) atoms. The van der Waals surface area contributed by atoms with Gasteiger partial charge in [-0.3, -0.25) is 4.99 Å². The molecule has 2 N–H and O–H groups in total. The second kappa shape index (κ2) is 8.70. The Morgan fingerprint density at radius 3 is 2.73 bits per heavy atom. The Morgan fingerprint density at radius 1 is 1.42 bits per heavy atom. The summed E-state index contributed by atoms with van der Waals surface area (Å²) in [6, 6.07) is 0.0785. The number of nitrogens with zero attached hydrogens (tertiary/aromatic N) is 3. The maximum Gasteiger partial charge on any atom is 0.407 e. The van der Waals surface area contributed by atoms with E-state index < -0.39 is 5.60 Å². The average Bonchev–Trinajstić information content (AvgIpc) is 3.08. The number of ether oxygens (including phenoxy) is 1. The molecule has 1 saturated heterocycles. The molecule has 1 aliphatic heterocycles. The van der Waals surface area contributed by atoms with Gasteiger partial charge < -0.3 is 20.3 Å². The van der Waals surface area contributed by atoms with Crippen molar-refractivity contribution in [1.29, 1.82) is 0 Å². The highest BCUT2D eigenvalue weighted by atomic mass is 32.1. The van der Waals surface area contributed by atoms with Crippen molar-refractivity contribution in [1.82, 2.24) is 20.5 Å². The number of thiazole rings is 1. The number of amides is 1. The summed E-state index contributed by atoms with van der Waals surface area (Å²) in [5.41, 5.74) is 0.639. The number of aromatic nitrogens is 1. The Morgan fingerprint density at radius 2 is 2.15 bits per heavy atom. The minimum Gasteiger partial charge on any atom is -0.444 e. The van der Waals surface area contributed by atoms with E-state index in [0.717, 1.165) is 49.1 Å². The van der Waals surface area contributed by atoms with Crippen LogP contribution in [0.4, 0.5) is 4.79 Å². The molecule has 1 aliphatic rings. The first-order valence-corrected chi connectivity index (χ1v) is 9.87. The standard InChI is InChI=1S/C18H31N5O2S/c1-12-15(26-13(2)21-12)7-9-20-16(19-6)23-10-8-14(11-23)22-17(24)25-18(3,4)5/h14H,7-11H2,1-6H3,(H,19,20)(H,22,24). The number of carbonyl (C=O) groups is 1. The van der Waals surface area contributed by atoms with Gasteiger partial charge in [0.15, 0.2) is 5.96 Å². The quantitative estimate of drug-likeness (QED) is 0.619. The van der Waals surface area contributed by atoms with Gasteiger partial charge in [0.25, 0.3) is 0 Å². The lowest BCUT2D eigenvalue weighted by Gasteiger charge is -2.23. The number of nitrogens with one attached hydrogen (secondary N) is 2. The number of aliphatic imine (C=N–C) groups is 1. The van der Waals surface area contributed by atoms with Gasteiger partial charge in [-0.25, -0.2) is 9.78 Å². The van der Waals surface area contributed by atoms with Gasteiger partial charge >= 0.3 is 6.09 Å². The molecular weight excluding hydrogens is 350 g/mol. The highest BCUT2D eigenvalue weighted by Crippen LogP contribution is 2.17. The molecule has 0 aromatic carbocycles. The zero-order chi connectivity index (χ0) is 19.3. The summed E-state index contributed by atoms with van der Waals surface area (Å²) >= 11 is 1.75. The van der Waals surface area contributed by atoms with Crippen LogP contribution < -0.4 is 10.6 Å². The molecule has 1 aromatic heterocycles. The van der Waals surface area contributed by atoms with Crippen LogP contribution in [0.3, 0.4) is 0 Å². The molecule has 146 valence electrons. The van der Waals surface area contributed by atoms with Crippen LogP contribution in [0.1, 0.15) is 42.8 Å². The molecule has 1 unspecified atom stereocenters. The topological polar surface area (TPSA) is 78.9 Å². The maximum atomic E-state index is 11.9. The zero-order valence-electron chi connectivity index (χ0n) is 16.7. The molecule has 0 spiro atoms. The monoisotopic (exact) mass is 381 g/mol. The summed E-state index contributed by atoms with van der Waals surface area (Å²) < 4.78 is 5.33. The highest BCUT2D eigenvalue weighted by molar-refractivity contribution is 7.11. The van der Waals surface area contributed by atoms with Crippen LogP contribution in [-0.2, 0) is 11.2 Å². The van der Waals surface area contributed by atoms with Crippen molar-refractivity contribution in [3.8, 4) is 0 Å². The van der Waals surface area contributed by atoms with Gasteiger partial charge in [-0.15, -0.1) is 11.3 Å². The summed E-state index contributed by atoms with van der Waals surface area (Å²) in [5, 5.41) is 7.47. The third-order valence-electron chi connectivity index (χ3n) is 4.06. The van der Waals surface area contributed by atoms with E-state index in [0.29, 0.717) is 0 Å². The summed E-state index contributed by atoms with van der Waals surface area (Å²) in [5.74, 6) is 0.873. The molecule has 1 aromatic rings. The zero-order valence-corrected chi connectivity index (χ0v) is 17.5. The normalized spacial score (nSPS) is 18.2. The molecule has 2 heterocycles. The molecule has 8 heteroatoms. The van der Waals surface area contributed by atoms with Crippen LogP contribution >= 0.6 is 11.3 Å². The molecule has 0 saturated carbocycles. The molecule has 0 aliphatic carbocycles. The van der Waals surface area contributed by atoms with Crippen LogP contribution in [0, 0.1) is 13.8 Å². The van der Waals surface area contributed by atoms with E-state index in [2.05, 4.69) is 32.4 Å². The third kappa shape index (κ3) is 6.16. The number of alkyl carbamates (subject to hydrolysis) is 1. The van der Waals surface area contributed by atoms with Crippen molar-refractivity contribution in [3.05, 3.63) is 15.6 Å². The van der Waals surface area contributed by atoms with Crippen LogP contribution in [0.5, 0.6) is 0 Å². The Bertz CT molecular complexity index is 650. The number of rotatable bonds is 4. The van der Waals surface area contributed by atoms with Crippen molar-refractivity contribution < 1.29 is 9.53 Å². The van der Waals surface area contributed by atoms with E-state index in [4.69, 9.17) is 4.74 Å². The number of carbonyl (C=O) groups excluding carboxylic acids is 1. The molecule has 1 amide bonds. The molecule has 7 nitrogen and oxygen atoms in total. The van der Waals surface area contributed by atoms with Crippen molar-refractivity contribution >= 4 is 23.4 Å². The minimum absolute atomic E-state index is 0.0785. The smallest absolute Gasteiger partial charge is 0.407 e.